The van der Waals surface area contributed by atoms with Crippen LogP contribution in [0.3, 0.4) is 0 Å². The number of hydrogen-bond acceptors (Lipinski definition) is 3. The number of aromatic amines is 1. The summed E-state index contributed by atoms with van der Waals surface area (Å²) in [5.74, 6) is 0.270. The summed E-state index contributed by atoms with van der Waals surface area (Å²) < 4.78 is 0. The highest BCUT2D eigenvalue weighted by molar-refractivity contribution is 6.35. The van der Waals surface area contributed by atoms with E-state index in [0.717, 1.165) is 5.69 Å². The van der Waals surface area contributed by atoms with Crippen LogP contribution in [-0.2, 0) is 0 Å². The molecule has 5 nitrogen and oxygen atoms in total. The molecule has 2 rings (SSSR count). The Kier molecular flexibility index (Phi) is 4.07. The molecule has 0 atom stereocenters. The molecule has 0 aliphatic heterocycles. The predicted molar refractivity (Wildman–Crippen MR) is 74.9 cm³/mol. The zero-order valence-corrected chi connectivity index (χ0v) is 11.9. The molecule has 0 aromatic carbocycles. The molecular formula is C12H12Cl2N4O. The Bertz CT molecular complexity index is 610. The lowest BCUT2D eigenvalue weighted by atomic mass is 10.1. The van der Waals surface area contributed by atoms with Gasteiger partial charge in [0.25, 0.3) is 5.91 Å². The second kappa shape index (κ2) is 5.59. The van der Waals surface area contributed by atoms with Crippen molar-refractivity contribution in [2.45, 2.75) is 19.8 Å². The minimum absolute atomic E-state index is 0.0725. The first-order valence-electron chi connectivity index (χ1n) is 5.66. The van der Waals surface area contributed by atoms with Crippen molar-refractivity contribution >= 4 is 34.9 Å². The molecule has 0 spiro atoms. The summed E-state index contributed by atoms with van der Waals surface area (Å²) in [6.07, 6.45) is 0. The highest BCUT2D eigenvalue weighted by Crippen LogP contribution is 2.19. The van der Waals surface area contributed by atoms with E-state index in [2.05, 4.69) is 20.5 Å². The maximum Gasteiger partial charge on any atom is 0.277 e. The maximum absolute atomic E-state index is 12.0. The van der Waals surface area contributed by atoms with Gasteiger partial charge < -0.3 is 5.32 Å². The minimum Gasteiger partial charge on any atom is -0.304 e. The molecule has 0 saturated carbocycles. The van der Waals surface area contributed by atoms with Gasteiger partial charge in [0.2, 0.25) is 0 Å². The Morgan fingerprint density at radius 3 is 2.74 bits per heavy atom. The largest absolute Gasteiger partial charge is 0.304 e. The first-order chi connectivity index (χ1) is 8.97. The van der Waals surface area contributed by atoms with Gasteiger partial charge in [-0.05, 0) is 18.1 Å². The number of carbonyl (C=O) groups is 1. The van der Waals surface area contributed by atoms with Crippen LogP contribution in [-0.4, -0.2) is 21.1 Å². The van der Waals surface area contributed by atoms with Crippen LogP contribution < -0.4 is 5.32 Å². The van der Waals surface area contributed by atoms with Gasteiger partial charge in [0.05, 0.1) is 5.02 Å². The van der Waals surface area contributed by atoms with Crippen LogP contribution in [0.5, 0.6) is 0 Å². The number of carbonyl (C=O) groups excluding carboxylic acids is 1. The van der Waals surface area contributed by atoms with E-state index in [4.69, 9.17) is 23.2 Å². The number of nitrogens with zero attached hydrogens (tertiary/aromatic N) is 2. The highest BCUT2D eigenvalue weighted by atomic mass is 35.5. The Morgan fingerprint density at radius 1 is 1.37 bits per heavy atom. The molecule has 0 aliphatic rings. The third-order valence-electron chi connectivity index (χ3n) is 2.49. The van der Waals surface area contributed by atoms with E-state index in [0.29, 0.717) is 11.7 Å². The minimum atomic E-state index is -0.450. The van der Waals surface area contributed by atoms with Gasteiger partial charge in [-0.15, -0.1) is 0 Å². The second-order valence-electron chi connectivity index (χ2n) is 4.28. The summed E-state index contributed by atoms with van der Waals surface area (Å²) in [7, 11) is 0. The van der Waals surface area contributed by atoms with Crippen LogP contribution in [0.15, 0.2) is 18.2 Å². The molecule has 2 N–H and O–H groups in total. The molecular weight excluding hydrogens is 287 g/mol. The average Bonchev–Trinajstić information content (AvgIpc) is 2.80. The standard InChI is InChI=1S/C12H12Cl2N4O/c1-6(2)8-5-10(18-17-8)16-12(19)11-7(13)3-4-9(14)15-11/h3-6H,1-2H3,(H2,16,17,18,19). The molecule has 2 aromatic heterocycles. The molecule has 100 valence electrons. The monoisotopic (exact) mass is 298 g/mol. The SMILES string of the molecule is CC(C)c1cc(NC(=O)c2nc(Cl)ccc2Cl)n[nH]1. The molecule has 0 unspecified atom stereocenters. The highest BCUT2D eigenvalue weighted by Gasteiger charge is 2.15. The van der Waals surface area contributed by atoms with Gasteiger partial charge in [0.15, 0.2) is 5.82 Å². The summed E-state index contributed by atoms with van der Waals surface area (Å²) >= 11 is 11.6. The normalized spacial score (nSPS) is 10.8. The van der Waals surface area contributed by atoms with Crippen LogP contribution in [0, 0.1) is 0 Å². The number of hydrogen-bond donors (Lipinski definition) is 2. The summed E-state index contributed by atoms with van der Waals surface area (Å²) in [6, 6.07) is 4.81. The first kappa shape index (κ1) is 13.8. The number of rotatable bonds is 3. The molecule has 0 radical (unpaired) electrons. The van der Waals surface area contributed by atoms with E-state index in [1.807, 2.05) is 13.8 Å². The molecule has 1 amide bonds. The van der Waals surface area contributed by atoms with Crippen LogP contribution in [0.4, 0.5) is 5.82 Å². The lowest BCUT2D eigenvalue weighted by molar-refractivity contribution is 0.102. The van der Waals surface area contributed by atoms with Crippen molar-refractivity contribution in [3.63, 3.8) is 0 Å². The topological polar surface area (TPSA) is 70.7 Å². The van der Waals surface area contributed by atoms with Crippen molar-refractivity contribution < 1.29 is 4.79 Å². The van der Waals surface area contributed by atoms with E-state index in [1.165, 1.54) is 12.1 Å². The van der Waals surface area contributed by atoms with E-state index >= 15 is 0 Å². The van der Waals surface area contributed by atoms with Gasteiger partial charge in [-0.1, -0.05) is 37.0 Å². The fraction of sp³-hybridized carbons (Fsp3) is 0.250. The summed E-state index contributed by atoms with van der Waals surface area (Å²) in [6.45, 7) is 4.04. The molecule has 0 bridgehead atoms. The number of aromatic nitrogens is 3. The Hall–Kier alpha value is -1.59. The predicted octanol–water partition coefficient (Wildman–Crippen LogP) is 3.49. The zero-order chi connectivity index (χ0) is 14.0. The Balaban J connectivity index is 2.18. The van der Waals surface area contributed by atoms with Crippen molar-refractivity contribution in [1.29, 1.82) is 0 Å². The third-order valence-corrected chi connectivity index (χ3v) is 3.00. The van der Waals surface area contributed by atoms with Crippen molar-refractivity contribution in [2.24, 2.45) is 0 Å². The lowest BCUT2D eigenvalue weighted by Gasteiger charge is -2.03. The first-order valence-corrected chi connectivity index (χ1v) is 6.41. The second-order valence-corrected chi connectivity index (χ2v) is 5.08. The Labute approximate surface area is 120 Å². The van der Waals surface area contributed by atoms with Gasteiger partial charge >= 0.3 is 0 Å². The van der Waals surface area contributed by atoms with Gasteiger partial charge in [0, 0.05) is 11.8 Å². The van der Waals surface area contributed by atoms with Gasteiger partial charge in [-0.3, -0.25) is 9.89 Å². The van der Waals surface area contributed by atoms with Crippen molar-refractivity contribution in [3.05, 3.63) is 39.8 Å². The van der Waals surface area contributed by atoms with Crippen LogP contribution >= 0.6 is 23.2 Å². The smallest absolute Gasteiger partial charge is 0.277 e. The van der Waals surface area contributed by atoms with E-state index < -0.39 is 5.91 Å². The van der Waals surface area contributed by atoms with Crippen molar-refractivity contribution in [3.8, 4) is 0 Å². The summed E-state index contributed by atoms with van der Waals surface area (Å²) in [5, 5.41) is 9.90. The third kappa shape index (κ3) is 3.24. The number of H-pyrrole nitrogens is 1. The van der Waals surface area contributed by atoms with Crippen LogP contribution in [0.1, 0.15) is 35.9 Å². The number of anilines is 1. The van der Waals surface area contributed by atoms with Gasteiger partial charge in [-0.25, -0.2) is 4.98 Å². The fourth-order valence-corrected chi connectivity index (χ4v) is 1.79. The van der Waals surface area contributed by atoms with E-state index in [-0.39, 0.29) is 15.9 Å². The molecule has 7 heteroatoms. The average molecular weight is 299 g/mol. The summed E-state index contributed by atoms with van der Waals surface area (Å²) in [5.41, 5.74) is 1.00. The van der Waals surface area contributed by atoms with Crippen molar-refractivity contribution in [1.82, 2.24) is 15.2 Å². The van der Waals surface area contributed by atoms with Gasteiger partial charge in [-0.2, -0.15) is 5.10 Å². The number of amides is 1. The Morgan fingerprint density at radius 2 is 2.11 bits per heavy atom. The molecule has 19 heavy (non-hydrogen) atoms. The van der Waals surface area contributed by atoms with E-state index in [1.54, 1.807) is 6.07 Å². The quantitative estimate of drug-likeness (QED) is 0.852. The summed E-state index contributed by atoms with van der Waals surface area (Å²) in [4.78, 5) is 15.9. The fourth-order valence-electron chi connectivity index (χ4n) is 1.45. The van der Waals surface area contributed by atoms with Crippen LogP contribution in [0.25, 0.3) is 0 Å². The molecule has 2 heterocycles. The lowest BCUT2D eigenvalue weighted by Crippen LogP contribution is -2.14. The number of nitrogens with one attached hydrogen (secondary N) is 2. The molecule has 0 fully saturated rings. The zero-order valence-electron chi connectivity index (χ0n) is 10.4. The molecule has 0 aliphatic carbocycles. The number of pyridine rings is 1. The van der Waals surface area contributed by atoms with Gasteiger partial charge in [0.1, 0.15) is 10.8 Å². The molecule has 0 saturated heterocycles. The molecule has 2 aromatic rings. The maximum atomic E-state index is 12.0. The number of halogens is 2. The van der Waals surface area contributed by atoms with Crippen molar-refractivity contribution in [2.75, 3.05) is 5.32 Å². The van der Waals surface area contributed by atoms with E-state index in [9.17, 15) is 4.79 Å². The van der Waals surface area contributed by atoms with Crippen LogP contribution in [0.2, 0.25) is 10.2 Å².